The molecule has 2 aliphatic rings. The fourth-order valence-corrected chi connectivity index (χ4v) is 5.48. The Bertz CT molecular complexity index is 1060. The number of carbonyl (C=O) groups excluding carboxylic acids is 2. The Kier molecular flexibility index (Phi) is 15.7. The number of allylic oxidation sites excluding steroid dienone is 3. The predicted octanol–water partition coefficient (Wildman–Crippen LogP) is 8.06. The molecule has 0 atom stereocenters. The maximum Gasteiger partial charge on any atom is 0.349 e. The first kappa shape index (κ1) is 33.2. The highest BCUT2D eigenvalue weighted by molar-refractivity contribution is 5.94. The summed E-state index contributed by atoms with van der Waals surface area (Å²) in [5, 5.41) is 9.66. The van der Waals surface area contributed by atoms with Crippen molar-refractivity contribution in [3.8, 4) is 11.8 Å². The van der Waals surface area contributed by atoms with Crippen LogP contribution >= 0.6 is 0 Å². The molecule has 1 fully saturated rings. The summed E-state index contributed by atoms with van der Waals surface area (Å²) in [6.07, 6.45) is 19.5. The molecular weight excluding hydrogens is 528 g/mol. The van der Waals surface area contributed by atoms with Gasteiger partial charge >= 0.3 is 11.9 Å². The Hall–Kier alpha value is -3.27. The van der Waals surface area contributed by atoms with Crippen LogP contribution < -0.4 is 4.74 Å². The molecule has 3 rings (SSSR count). The largest absolute Gasteiger partial charge is 0.494 e. The maximum absolute atomic E-state index is 12.6. The Balaban J connectivity index is 1.28. The number of carbonyl (C=O) groups is 2. The molecule has 1 aromatic carbocycles. The number of benzene rings is 1. The maximum atomic E-state index is 12.6. The van der Waals surface area contributed by atoms with Crippen molar-refractivity contribution < 1.29 is 23.8 Å². The molecule has 7 heteroatoms. The molecule has 0 N–H and O–H groups in total. The van der Waals surface area contributed by atoms with Crippen LogP contribution in [0, 0.1) is 11.3 Å². The molecule has 0 saturated carbocycles. The van der Waals surface area contributed by atoms with Gasteiger partial charge in [-0.1, -0.05) is 51.9 Å². The van der Waals surface area contributed by atoms with Gasteiger partial charge in [0.05, 0.1) is 25.4 Å². The van der Waals surface area contributed by atoms with Crippen molar-refractivity contribution in [2.45, 2.75) is 110 Å². The molecule has 0 radical (unpaired) electrons. The van der Waals surface area contributed by atoms with Crippen molar-refractivity contribution in [1.82, 2.24) is 4.90 Å². The number of nitriles is 1. The average Bonchev–Trinajstić information content (AvgIpc) is 3.03. The zero-order chi connectivity index (χ0) is 29.8. The average molecular weight is 579 g/mol. The second kappa shape index (κ2) is 19.8. The Morgan fingerprint density at radius 1 is 0.786 bits per heavy atom. The van der Waals surface area contributed by atoms with Crippen molar-refractivity contribution in [2.24, 2.45) is 0 Å². The second-order valence-corrected chi connectivity index (χ2v) is 11.4. The van der Waals surface area contributed by atoms with E-state index in [-0.39, 0.29) is 24.8 Å². The van der Waals surface area contributed by atoms with Crippen molar-refractivity contribution in [2.75, 3.05) is 32.9 Å². The Morgan fingerprint density at radius 2 is 1.43 bits per heavy atom. The minimum Gasteiger partial charge on any atom is -0.494 e. The van der Waals surface area contributed by atoms with Crippen molar-refractivity contribution >= 4 is 11.9 Å². The zero-order valence-corrected chi connectivity index (χ0v) is 25.7. The lowest BCUT2D eigenvalue weighted by molar-refractivity contribution is -0.138. The third kappa shape index (κ3) is 11.9. The van der Waals surface area contributed by atoms with E-state index >= 15 is 0 Å². The van der Waals surface area contributed by atoms with Crippen LogP contribution in [0.25, 0.3) is 0 Å². The monoisotopic (exact) mass is 578 g/mol. The van der Waals surface area contributed by atoms with Gasteiger partial charge in [0.25, 0.3) is 0 Å². The molecule has 0 unspecified atom stereocenters. The summed E-state index contributed by atoms with van der Waals surface area (Å²) < 4.78 is 16.6. The van der Waals surface area contributed by atoms with Gasteiger partial charge < -0.3 is 19.1 Å². The zero-order valence-electron chi connectivity index (χ0n) is 25.7. The first-order valence-electron chi connectivity index (χ1n) is 16.3. The normalized spacial score (nSPS) is 16.3. The number of nitrogens with zero attached hydrogens (tertiary/aromatic N) is 2. The van der Waals surface area contributed by atoms with Crippen LogP contribution in [0.3, 0.4) is 0 Å². The summed E-state index contributed by atoms with van der Waals surface area (Å²) >= 11 is 0. The number of ether oxygens (including phenoxy) is 3. The fraction of sp³-hybridized carbons (Fsp3) is 0.629. The quantitative estimate of drug-likeness (QED) is 0.0753. The third-order valence-electron chi connectivity index (χ3n) is 7.98. The lowest BCUT2D eigenvalue weighted by Gasteiger charge is -2.33. The van der Waals surface area contributed by atoms with Gasteiger partial charge in [0.2, 0.25) is 0 Å². The molecule has 0 spiro atoms. The third-order valence-corrected chi connectivity index (χ3v) is 7.98. The highest BCUT2D eigenvalue weighted by atomic mass is 16.5. The molecule has 1 heterocycles. The molecule has 0 bridgehead atoms. The number of hydrogen-bond donors (Lipinski definition) is 0. The predicted molar refractivity (Wildman–Crippen MR) is 165 cm³/mol. The van der Waals surface area contributed by atoms with Crippen LogP contribution in [0.2, 0.25) is 0 Å². The van der Waals surface area contributed by atoms with E-state index in [4.69, 9.17) is 14.2 Å². The first-order valence-corrected chi connectivity index (χ1v) is 16.3. The number of piperidine rings is 1. The van der Waals surface area contributed by atoms with E-state index in [0.29, 0.717) is 25.0 Å². The van der Waals surface area contributed by atoms with E-state index in [1.54, 1.807) is 24.3 Å². The van der Waals surface area contributed by atoms with Gasteiger partial charge in [-0.25, -0.2) is 9.59 Å². The van der Waals surface area contributed by atoms with Gasteiger partial charge in [-0.3, -0.25) is 0 Å². The lowest BCUT2D eigenvalue weighted by atomic mass is 9.94. The molecule has 0 aromatic heterocycles. The van der Waals surface area contributed by atoms with Crippen LogP contribution in [0.5, 0.6) is 5.75 Å². The summed E-state index contributed by atoms with van der Waals surface area (Å²) in [6.45, 7) is 5.45. The van der Waals surface area contributed by atoms with Gasteiger partial charge in [-0.2, -0.15) is 5.26 Å². The number of unbranched alkanes of at least 4 members (excludes halogenated alkanes) is 8. The van der Waals surface area contributed by atoms with Crippen LogP contribution in [0.1, 0.15) is 120 Å². The van der Waals surface area contributed by atoms with Crippen LogP contribution in [-0.4, -0.2) is 49.7 Å². The molecule has 1 aromatic rings. The highest BCUT2D eigenvalue weighted by Crippen LogP contribution is 2.29. The number of likely N-dealkylation sites (tertiary alicyclic amines) is 1. The summed E-state index contributed by atoms with van der Waals surface area (Å²) in [4.78, 5) is 27.4. The summed E-state index contributed by atoms with van der Waals surface area (Å²) in [7, 11) is 0. The van der Waals surface area contributed by atoms with Crippen molar-refractivity contribution in [3.05, 3.63) is 52.7 Å². The lowest BCUT2D eigenvalue weighted by Crippen LogP contribution is -2.30. The van der Waals surface area contributed by atoms with Gasteiger partial charge in [0.15, 0.2) is 0 Å². The number of esters is 2. The van der Waals surface area contributed by atoms with Crippen LogP contribution in [0.15, 0.2) is 47.2 Å². The van der Waals surface area contributed by atoms with Crippen LogP contribution in [-0.2, 0) is 14.3 Å². The molecule has 0 amide bonds. The number of rotatable bonds is 18. The van der Waals surface area contributed by atoms with Crippen molar-refractivity contribution in [3.63, 3.8) is 0 Å². The van der Waals surface area contributed by atoms with E-state index in [0.717, 1.165) is 50.1 Å². The smallest absolute Gasteiger partial charge is 0.349 e. The van der Waals surface area contributed by atoms with E-state index < -0.39 is 5.97 Å². The Labute approximate surface area is 252 Å². The van der Waals surface area contributed by atoms with E-state index in [2.05, 4.69) is 17.9 Å². The van der Waals surface area contributed by atoms with Gasteiger partial charge in [0.1, 0.15) is 17.4 Å². The summed E-state index contributed by atoms with van der Waals surface area (Å²) in [6, 6.07) is 9.13. The summed E-state index contributed by atoms with van der Waals surface area (Å²) in [5.74, 6) is -0.188. The van der Waals surface area contributed by atoms with E-state index in [9.17, 15) is 14.9 Å². The fourth-order valence-electron chi connectivity index (χ4n) is 5.48. The highest BCUT2D eigenvalue weighted by Gasteiger charge is 2.22. The molecule has 42 heavy (non-hydrogen) atoms. The molecular formula is C35H50N2O5. The van der Waals surface area contributed by atoms with E-state index in [1.807, 2.05) is 6.08 Å². The van der Waals surface area contributed by atoms with Gasteiger partial charge in [-0.05, 0) is 93.7 Å². The minimum atomic E-state index is -0.564. The van der Waals surface area contributed by atoms with Crippen molar-refractivity contribution in [1.29, 1.82) is 5.26 Å². The van der Waals surface area contributed by atoms with E-state index in [1.165, 1.54) is 69.9 Å². The first-order chi connectivity index (χ1) is 20.6. The SMILES string of the molecule is CCCCCCCCCCOc1ccc(C(=O)OCCCCOC(=O)/C(C#N)=C2\C=C(N3CCCCC3)CCC2)cc1. The van der Waals surface area contributed by atoms with Gasteiger partial charge in [-0.15, -0.1) is 0 Å². The van der Waals surface area contributed by atoms with Crippen LogP contribution in [0.4, 0.5) is 0 Å². The molecule has 1 aliphatic carbocycles. The molecule has 230 valence electrons. The molecule has 7 nitrogen and oxygen atoms in total. The molecule has 1 aliphatic heterocycles. The number of hydrogen-bond acceptors (Lipinski definition) is 7. The van der Waals surface area contributed by atoms with Gasteiger partial charge in [0, 0.05) is 18.8 Å². The molecule has 1 saturated heterocycles. The summed E-state index contributed by atoms with van der Waals surface area (Å²) in [5.41, 5.74) is 2.61. The topological polar surface area (TPSA) is 88.9 Å². The second-order valence-electron chi connectivity index (χ2n) is 11.4. The standard InChI is InChI=1S/C35H50N2O5/c1-2-3-4-5-6-7-8-12-24-40-32-20-18-29(19-21-32)34(38)41-25-13-14-26-42-35(39)33(28-36)30-16-15-17-31(27-30)37-22-10-9-11-23-37/h18-21,27H,2-17,22-26H2,1H3/b33-30-. The Morgan fingerprint density at radius 3 is 2.12 bits per heavy atom. The minimum absolute atomic E-state index is 0.112.